The van der Waals surface area contributed by atoms with Gasteiger partial charge in [-0.05, 0) is 24.1 Å². The number of nitrogens with zero attached hydrogens (tertiary/aromatic N) is 2. The standard InChI is InChI=1S/C22H25N3O3S/c1-17-6-2-3-7-18(17)16-29(27,28)25-12-10-24(11-13-25)15-22(26)20-14-23-21-9-5-4-8-19(20)21/h2-9,14,23H,10-13,15-16H2,1H3. The molecule has 0 saturated carbocycles. The van der Waals surface area contributed by atoms with E-state index in [0.717, 1.165) is 22.0 Å². The zero-order valence-corrected chi connectivity index (χ0v) is 17.3. The second-order valence-corrected chi connectivity index (χ2v) is 9.50. The molecule has 0 aliphatic carbocycles. The van der Waals surface area contributed by atoms with Crippen LogP contribution >= 0.6 is 0 Å². The van der Waals surface area contributed by atoms with Crippen LogP contribution in [0.2, 0.25) is 0 Å². The van der Waals surface area contributed by atoms with Gasteiger partial charge in [0.2, 0.25) is 10.0 Å². The van der Waals surface area contributed by atoms with E-state index in [-0.39, 0.29) is 11.5 Å². The molecule has 152 valence electrons. The highest BCUT2D eigenvalue weighted by Gasteiger charge is 2.28. The number of fused-ring (bicyclic) bond motifs is 1. The Hall–Kier alpha value is -2.48. The van der Waals surface area contributed by atoms with E-state index in [1.165, 1.54) is 0 Å². The van der Waals surface area contributed by atoms with Crippen molar-refractivity contribution in [1.82, 2.24) is 14.2 Å². The van der Waals surface area contributed by atoms with Crippen molar-refractivity contribution in [1.29, 1.82) is 0 Å². The van der Waals surface area contributed by atoms with Gasteiger partial charge in [0.05, 0.1) is 12.3 Å². The lowest BCUT2D eigenvalue weighted by Gasteiger charge is -2.33. The number of H-pyrrole nitrogens is 1. The van der Waals surface area contributed by atoms with E-state index >= 15 is 0 Å². The highest BCUT2D eigenvalue weighted by molar-refractivity contribution is 7.88. The summed E-state index contributed by atoms with van der Waals surface area (Å²) in [7, 11) is -3.37. The molecule has 2 aromatic carbocycles. The summed E-state index contributed by atoms with van der Waals surface area (Å²) < 4.78 is 27.2. The third kappa shape index (κ3) is 4.27. The van der Waals surface area contributed by atoms with Crippen LogP contribution in [-0.2, 0) is 15.8 Å². The summed E-state index contributed by atoms with van der Waals surface area (Å²) in [6.07, 6.45) is 1.76. The number of aromatic nitrogens is 1. The number of aromatic amines is 1. The Morgan fingerprint density at radius 2 is 1.69 bits per heavy atom. The van der Waals surface area contributed by atoms with E-state index in [0.29, 0.717) is 38.3 Å². The van der Waals surface area contributed by atoms with E-state index in [2.05, 4.69) is 4.98 Å². The number of piperazine rings is 1. The quantitative estimate of drug-likeness (QED) is 0.633. The summed E-state index contributed by atoms with van der Waals surface area (Å²) in [6.45, 7) is 4.17. The topological polar surface area (TPSA) is 73.5 Å². The van der Waals surface area contributed by atoms with Crippen LogP contribution in [0.1, 0.15) is 21.5 Å². The lowest BCUT2D eigenvalue weighted by atomic mass is 10.1. The van der Waals surface area contributed by atoms with Crippen molar-refractivity contribution in [3.05, 3.63) is 71.4 Å². The summed E-state index contributed by atoms with van der Waals surface area (Å²) in [5.41, 5.74) is 3.46. The van der Waals surface area contributed by atoms with Gasteiger partial charge in [0.15, 0.2) is 5.78 Å². The molecular formula is C22H25N3O3S. The molecule has 1 N–H and O–H groups in total. The fourth-order valence-electron chi connectivity index (χ4n) is 3.82. The summed E-state index contributed by atoms with van der Waals surface area (Å²) in [4.78, 5) is 17.9. The van der Waals surface area contributed by atoms with Crippen molar-refractivity contribution in [2.75, 3.05) is 32.7 Å². The number of hydrogen-bond donors (Lipinski definition) is 1. The monoisotopic (exact) mass is 411 g/mol. The number of benzene rings is 2. The predicted molar refractivity (Wildman–Crippen MR) is 114 cm³/mol. The molecule has 1 aliphatic rings. The number of carbonyl (C=O) groups excluding carboxylic acids is 1. The molecule has 29 heavy (non-hydrogen) atoms. The van der Waals surface area contributed by atoms with Gasteiger partial charge in [0.25, 0.3) is 0 Å². The van der Waals surface area contributed by atoms with Gasteiger partial charge in [0, 0.05) is 48.8 Å². The van der Waals surface area contributed by atoms with Crippen LogP contribution < -0.4 is 0 Å². The third-order valence-corrected chi connectivity index (χ3v) is 7.41. The Labute approximate surface area is 171 Å². The van der Waals surface area contributed by atoms with E-state index < -0.39 is 10.0 Å². The molecule has 7 heteroatoms. The third-order valence-electron chi connectivity index (χ3n) is 5.58. The van der Waals surface area contributed by atoms with Gasteiger partial charge < -0.3 is 4.98 Å². The highest BCUT2D eigenvalue weighted by Crippen LogP contribution is 2.20. The van der Waals surface area contributed by atoms with Gasteiger partial charge >= 0.3 is 0 Å². The molecule has 0 atom stereocenters. The zero-order valence-electron chi connectivity index (χ0n) is 16.5. The Kier molecular flexibility index (Phi) is 5.54. The average Bonchev–Trinajstić information content (AvgIpc) is 3.14. The fraction of sp³-hybridized carbons (Fsp3) is 0.318. The number of aryl methyl sites for hydroxylation is 1. The number of ketones is 1. The van der Waals surface area contributed by atoms with E-state index in [4.69, 9.17) is 0 Å². The van der Waals surface area contributed by atoms with Crippen molar-refractivity contribution in [3.63, 3.8) is 0 Å². The van der Waals surface area contributed by atoms with Gasteiger partial charge in [0.1, 0.15) is 0 Å². The Balaban J connectivity index is 1.37. The van der Waals surface area contributed by atoms with Crippen molar-refractivity contribution < 1.29 is 13.2 Å². The number of Topliss-reactive ketones (excluding diaryl/α,β-unsaturated/α-hetero) is 1. The maximum Gasteiger partial charge on any atom is 0.218 e. The molecule has 3 aromatic rings. The first kappa shape index (κ1) is 19.8. The first-order chi connectivity index (χ1) is 13.9. The average molecular weight is 412 g/mol. The van der Waals surface area contributed by atoms with Crippen LogP contribution in [-0.4, -0.2) is 61.1 Å². The minimum Gasteiger partial charge on any atom is -0.360 e. The molecular weight excluding hydrogens is 386 g/mol. The van der Waals surface area contributed by atoms with Crippen LogP contribution in [0.4, 0.5) is 0 Å². The molecule has 1 fully saturated rings. The summed E-state index contributed by atoms with van der Waals surface area (Å²) in [5, 5.41) is 0.928. The van der Waals surface area contributed by atoms with E-state index in [9.17, 15) is 13.2 Å². The lowest BCUT2D eigenvalue weighted by Crippen LogP contribution is -2.50. The van der Waals surface area contributed by atoms with Crippen molar-refractivity contribution in [3.8, 4) is 0 Å². The molecule has 2 heterocycles. The molecule has 0 bridgehead atoms. The number of carbonyl (C=O) groups is 1. The molecule has 1 aliphatic heterocycles. The van der Waals surface area contributed by atoms with Crippen molar-refractivity contribution in [2.45, 2.75) is 12.7 Å². The maximum atomic E-state index is 12.8. The Morgan fingerprint density at radius 1 is 1.00 bits per heavy atom. The normalized spacial score (nSPS) is 16.3. The van der Waals surface area contributed by atoms with Crippen LogP contribution in [0.3, 0.4) is 0 Å². The molecule has 6 nitrogen and oxygen atoms in total. The first-order valence-corrected chi connectivity index (χ1v) is 11.4. The molecule has 4 rings (SSSR count). The second-order valence-electron chi connectivity index (χ2n) is 7.53. The van der Waals surface area contributed by atoms with Gasteiger partial charge in [-0.1, -0.05) is 42.5 Å². The molecule has 0 unspecified atom stereocenters. The first-order valence-electron chi connectivity index (χ1n) is 9.78. The van der Waals surface area contributed by atoms with E-state index in [1.54, 1.807) is 10.5 Å². The lowest BCUT2D eigenvalue weighted by molar-refractivity contribution is 0.0903. The zero-order chi connectivity index (χ0) is 20.4. The molecule has 0 radical (unpaired) electrons. The van der Waals surface area contributed by atoms with Crippen LogP contribution in [0.25, 0.3) is 10.9 Å². The highest BCUT2D eigenvalue weighted by atomic mass is 32.2. The smallest absolute Gasteiger partial charge is 0.218 e. The second kappa shape index (κ2) is 8.10. The predicted octanol–water partition coefficient (Wildman–Crippen LogP) is 2.81. The summed E-state index contributed by atoms with van der Waals surface area (Å²) in [5.74, 6) is 0.0761. The van der Waals surface area contributed by atoms with Gasteiger partial charge in [-0.3, -0.25) is 9.69 Å². The Morgan fingerprint density at radius 3 is 2.45 bits per heavy atom. The van der Waals surface area contributed by atoms with Gasteiger partial charge in [-0.25, -0.2) is 8.42 Å². The molecule has 1 saturated heterocycles. The number of sulfonamides is 1. The largest absolute Gasteiger partial charge is 0.360 e. The maximum absolute atomic E-state index is 12.8. The molecule has 0 spiro atoms. The summed E-state index contributed by atoms with van der Waals surface area (Å²) in [6, 6.07) is 15.3. The minimum absolute atomic E-state index is 0.0218. The number of nitrogens with one attached hydrogen (secondary N) is 1. The molecule has 0 amide bonds. The minimum atomic E-state index is -3.37. The van der Waals surface area contributed by atoms with Gasteiger partial charge in [-0.15, -0.1) is 0 Å². The van der Waals surface area contributed by atoms with Crippen molar-refractivity contribution >= 4 is 26.7 Å². The molecule has 1 aromatic heterocycles. The number of hydrogen-bond acceptors (Lipinski definition) is 4. The van der Waals surface area contributed by atoms with Crippen LogP contribution in [0.15, 0.2) is 54.7 Å². The Bertz CT molecular complexity index is 1130. The van der Waals surface area contributed by atoms with Crippen LogP contribution in [0.5, 0.6) is 0 Å². The SMILES string of the molecule is Cc1ccccc1CS(=O)(=O)N1CCN(CC(=O)c2c[nH]c3ccccc23)CC1. The van der Waals surface area contributed by atoms with Crippen LogP contribution in [0, 0.1) is 6.92 Å². The van der Waals surface area contributed by atoms with Crippen molar-refractivity contribution in [2.24, 2.45) is 0 Å². The fourth-order valence-corrected chi connectivity index (χ4v) is 5.44. The van der Waals surface area contributed by atoms with Gasteiger partial charge in [-0.2, -0.15) is 4.31 Å². The number of para-hydroxylation sites is 1. The number of rotatable bonds is 6. The summed E-state index contributed by atoms with van der Waals surface area (Å²) >= 11 is 0. The van der Waals surface area contributed by atoms with E-state index in [1.807, 2.05) is 60.4 Å².